The number of Topliss-reactive ketones (excluding diaryl/α,β-unsaturated/α-hetero) is 1. The van der Waals surface area contributed by atoms with Crippen molar-refractivity contribution in [2.24, 2.45) is 5.73 Å². The summed E-state index contributed by atoms with van der Waals surface area (Å²) in [5, 5.41) is 1.31. The monoisotopic (exact) mass is 529 g/mol. The van der Waals surface area contributed by atoms with Crippen molar-refractivity contribution in [1.82, 2.24) is 9.88 Å². The summed E-state index contributed by atoms with van der Waals surface area (Å²) in [5.74, 6) is -1.28. The Balaban J connectivity index is 0.000000170. The van der Waals surface area contributed by atoms with E-state index < -0.39 is 11.7 Å². The van der Waals surface area contributed by atoms with Crippen molar-refractivity contribution in [3.05, 3.63) is 69.9 Å². The lowest BCUT2D eigenvalue weighted by Gasteiger charge is -2.14. The summed E-state index contributed by atoms with van der Waals surface area (Å²) in [7, 11) is 0. The van der Waals surface area contributed by atoms with Crippen molar-refractivity contribution in [3.8, 4) is 16.3 Å². The average Bonchev–Trinajstić information content (AvgIpc) is 3.31. The maximum atomic E-state index is 12.7. The first-order valence-electron chi connectivity index (χ1n) is 12.1. The fourth-order valence-corrected chi connectivity index (χ4v) is 5.01. The highest BCUT2D eigenvalue weighted by atomic mass is 35.5. The molecule has 6 nitrogen and oxygen atoms in total. The van der Waals surface area contributed by atoms with Gasteiger partial charge in [-0.3, -0.25) is 9.59 Å². The third-order valence-electron chi connectivity index (χ3n) is 6.00. The van der Waals surface area contributed by atoms with Gasteiger partial charge in [0.15, 0.2) is 0 Å². The van der Waals surface area contributed by atoms with Crippen molar-refractivity contribution in [1.29, 1.82) is 0 Å². The van der Waals surface area contributed by atoms with Crippen molar-refractivity contribution >= 4 is 34.6 Å². The lowest BCUT2D eigenvalue weighted by atomic mass is 10.1. The van der Waals surface area contributed by atoms with E-state index in [0.29, 0.717) is 16.7 Å². The molecule has 2 heterocycles. The average molecular weight is 530 g/mol. The molecule has 5 rings (SSSR count). The van der Waals surface area contributed by atoms with Crippen LogP contribution in [0.4, 0.5) is 4.39 Å². The van der Waals surface area contributed by atoms with Gasteiger partial charge in [-0.15, -0.1) is 11.3 Å². The number of aromatic nitrogens is 1. The highest BCUT2D eigenvalue weighted by Gasteiger charge is 2.24. The highest BCUT2D eigenvalue weighted by molar-refractivity contribution is 7.17. The van der Waals surface area contributed by atoms with Crippen LogP contribution in [-0.4, -0.2) is 47.3 Å². The number of benzene rings is 2. The number of ketones is 1. The number of ether oxygens (including phenoxy) is 1. The van der Waals surface area contributed by atoms with E-state index in [1.807, 2.05) is 6.07 Å². The number of thiazole rings is 1. The molecule has 0 radical (unpaired) electrons. The lowest BCUT2D eigenvalue weighted by molar-refractivity contribution is -0.114. The van der Waals surface area contributed by atoms with Gasteiger partial charge in [0.25, 0.3) is 11.7 Å². The van der Waals surface area contributed by atoms with Crippen LogP contribution in [0.3, 0.4) is 0 Å². The van der Waals surface area contributed by atoms with Crippen LogP contribution < -0.4 is 10.5 Å². The molecule has 1 aliphatic carbocycles. The van der Waals surface area contributed by atoms with Gasteiger partial charge in [-0.1, -0.05) is 17.7 Å². The van der Waals surface area contributed by atoms with Crippen LogP contribution in [0, 0.1) is 5.82 Å². The molecule has 190 valence electrons. The van der Waals surface area contributed by atoms with Gasteiger partial charge in [-0.05, 0) is 100 Å². The zero-order valence-electron chi connectivity index (χ0n) is 19.9. The van der Waals surface area contributed by atoms with Crippen molar-refractivity contribution in [2.45, 2.75) is 44.6 Å². The molecule has 0 bridgehead atoms. The Morgan fingerprint density at radius 2 is 1.86 bits per heavy atom. The number of nitrogens with two attached hydrogens (primary N) is 1. The van der Waals surface area contributed by atoms with Crippen LogP contribution in [0.1, 0.15) is 47.3 Å². The van der Waals surface area contributed by atoms with Crippen LogP contribution in [0.5, 0.6) is 5.75 Å². The molecule has 1 amide bonds. The van der Waals surface area contributed by atoms with E-state index in [-0.39, 0.29) is 10.7 Å². The second kappa shape index (κ2) is 12.4. The number of likely N-dealkylation sites (tertiary alicyclic amines) is 1. The van der Waals surface area contributed by atoms with Gasteiger partial charge in [0.1, 0.15) is 21.5 Å². The Labute approximate surface area is 219 Å². The normalized spacial score (nSPS) is 15.3. The molecule has 0 atom stereocenters. The topological polar surface area (TPSA) is 85.5 Å². The van der Waals surface area contributed by atoms with Gasteiger partial charge in [-0.25, -0.2) is 9.37 Å². The van der Waals surface area contributed by atoms with E-state index in [4.69, 9.17) is 22.1 Å². The standard InChI is InChI=1S/C16H22ClNO.C11H7FN2O2S/c17-15-12-13(4-3-11-18-9-1-2-10-18)5-8-16(15)19-14-6-7-14;12-7-3-1-6(2-4-7)11-14-5-8(17-11)9(15)10(13)16/h5,8,12,14H,1-4,6-7,9-11H2;1-5H,(H2,13,16). The Morgan fingerprint density at radius 1 is 1.14 bits per heavy atom. The van der Waals surface area contributed by atoms with Gasteiger partial charge in [0.05, 0.1) is 17.3 Å². The van der Waals surface area contributed by atoms with Crippen molar-refractivity contribution in [2.75, 3.05) is 19.6 Å². The van der Waals surface area contributed by atoms with Gasteiger partial charge >= 0.3 is 0 Å². The number of amides is 1. The number of hydrogen-bond donors (Lipinski definition) is 1. The molecule has 1 aliphatic heterocycles. The molecule has 0 spiro atoms. The zero-order chi connectivity index (χ0) is 25.5. The van der Waals surface area contributed by atoms with E-state index in [9.17, 15) is 14.0 Å². The van der Waals surface area contributed by atoms with E-state index in [1.165, 1.54) is 75.6 Å². The molecule has 36 heavy (non-hydrogen) atoms. The fourth-order valence-electron chi connectivity index (χ4n) is 3.90. The summed E-state index contributed by atoms with van der Waals surface area (Å²) in [5.41, 5.74) is 6.88. The summed E-state index contributed by atoms with van der Waals surface area (Å²) >= 11 is 7.32. The number of primary amides is 1. The van der Waals surface area contributed by atoms with E-state index in [0.717, 1.165) is 28.5 Å². The van der Waals surface area contributed by atoms with Gasteiger partial charge in [0, 0.05) is 5.56 Å². The predicted molar refractivity (Wildman–Crippen MR) is 140 cm³/mol. The summed E-state index contributed by atoms with van der Waals surface area (Å²) in [6.07, 6.45) is 9.13. The number of aryl methyl sites for hydroxylation is 1. The Morgan fingerprint density at radius 3 is 2.50 bits per heavy atom. The largest absolute Gasteiger partial charge is 0.489 e. The lowest BCUT2D eigenvalue weighted by Crippen LogP contribution is -2.22. The second-order valence-corrected chi connectivity index (χ2v) is 10.4. The van der Waals surface area contributed by atoms with Crippen LogP contribution in [0.25, 0.3) is 10.6 Å². The minimum atomic E-state index is -1.01. The first-order valence-corrected chi connectivity index (χ1v) is 13.3. The molecule has 2 aliphatic rings. The number of hydrogen-bond acceptors (Lipinski definition) is 6. The minimum absolute atomic E-state index is 0.178. The Hall–Kier alpha value is -2.81. The number of carbonyl (C=O) groups is 2. The highest BCUT2D eigenvalue weighted by Crippen LogP contribution is 2.32. The van der Waals surface area contributed by atoms with Crippen LogP contribution in [-0.2, 0) is 11.2 Å². The molecular weight excluding hydrogens is 501 g/mol. The van der Waals surface area contributed by atoms with E-state index >= 15 is 0 Å². The van der Waals surface area contributed by atoms with Crippen LogP contribution in [0.2, 0.25) is 5.02 Å². The predicted octanol–water partition coefficient (Wildman–Crippen LogP) is 5.53. The van der Waals surface area contributed by atoms with Crippen LogP contribution in [0.15, 0.2) is 48.7 Å². The van der Waals surface area contributed by atoms with Gasteiger partial charge in [0.2, 0.25) is 0 Å². The molecule has 1 saturated heterocycles. The molecule has 1 saturated carbocycles. The molecule has 3 aromatic rings. The number of nitrogens with zero attached hydrogens (tertiary/aromatic N) is 2. The SMILES string of the molecule is Clc1cc(CCCN2CCCC2)ccc1OC1CC1.NC(=O)C(=O)c1cnc(-c2ccc(F)cc2)s1. The smallest absolute Gasteiger partial charge is 0.290 e. The first-order chi connectivity index (χ1) is 17.4. The maximum Gasteiger partial charge on any atom is 0.290 e. The molecule has 2 fully saturated rings. The molecular formula is C27H29ClFN3O3S. The molecule has 0 unspecified atom stereocenters. The van der Waals surface area contributed by atoms with Crippen molar-refractivity contribution < 1.29 is 18.7 Å². The van der Waals surface area contributed by atoms with Crippen molar-refractivity contribution in [3.63, 3.8) is 0 Å². The molecule has 9 heteroatoms. The third-order valence-corrected chi connectivity index (χ3v) is 7.34. The van der Waals surface area contributed by atoms with E-state index in [2.05, 4.69) is 22.0 Å². The summed E-state index contributed by atoms with van der Waals surface area (Å²) in [6.45, 7) is 3.79. The zero-order valence-corrected chi connectivity index (χ0v) is 21.5. The summed E-state index contributed by atoms with van der Waals surface area (Å²) in [4.78, 5) is 28.7. The minimum Gasteiger partial charge on any atom is -0.489 e. The van der Waals surface area contributed by atoms with E-state index in [1.54, 1.807) is 12.1 Å². The summed E-state index contributed by atoms with van der Waals surface area (Å²) < 4.78 is 18.5. The molecule has 2 N–H and O–H groups in total. The fraction of sp³-hybridized carbons (Fsp3) is 0.370. The third kappa shape index (κ3) is 7.59. The number of halogens is 2. The summed E-state index contributed by atoms with van der Waals surface area (Å²) in [6, 6.07) is 12.0. The number of carbonyl (C=O) groups excluding carboxylic acids is 2. The quantitative estimate of drug-likeness (QED) is 0.291. The Kier molecular flexibility index (Phi) is 9.07. The number of rotatable bonds is 9. The molecule has 2 aromatic carbocycles. The molecule has 1 aromatic heterocycles. The van der Waals surface area contributed by atoms with Gasteiger partial charge < -0.3 is 15.4 Å². The Bertz CT molecular complexity index is 1190. The maximum absolute atomic E-state index is 12.7. The first kappa shape index (κ1) is 26.3. The second-order valence-electron chi connectivity index (χ2n) is 8.96. The van der Waals surface area contributed by atoms with Crippen LogP contribution >= 0.6 is 22.9 Å². The van der Waals surface area contributed by atoms with Gasteiger partial charge in [-0.2, -0.15) is 0 Å².